The van der Waals surface area contributed by atoms with E-state index in [0.29, 0.717) is 29.1 Å². The molecule has 1 aliphatic heterocycles. The Morgan fingerprint density at radius 3 is 0.862 bits per heavy atom. The summed E-state index contributed by atoms with van der Waals surface area (Å²) in [5.41, 5.74) is 29.6. The lowest BCUT2D eigenvalue weighted by atomic mass is 9.55. The first-order valence-electron chi connectivity index (χ1n) is 39.3. The fourth-order valence-corrected chi connectivity index (χ4v) is 18.8. The Balaban J connectivity index is 0.000000132. The molecule has 0 amide bonds. The summed E-state index contributed by atoms with van der Waals surface area (Å²) >= 11 is 6.11. The number of rotatable bonds is 8. The van der Waals surface area contributed by atoms with E-state index >= 15 is 0 Å². The minimum Gasteiger partial charge on any atom is -0.399 e. The summed E-state index contributed by atoms with van der Waals surface area (Å²) in [6.45, 7) is 17.9. The van der Waals surface area contributed by atoms with Crippen molar-refractivity contribution in [2.24, 2.45) is 0 Å². The second kappa shape index (κ2) is 29.6. The van der Waals surface area contributed by atoms with Crippen molar-refractivity contribution in [1.82, 2.24) is 29.9 Å². The summed E-state index contributed by atoms with van der Waals surface area (Å²) in [5.74, 6) is 3.11. The molecule has 0 bridgehead atoms. The van der Waals surface area contributed by atoms with Crippen LogP contribution in [-0.4, -0.2) is 48.2 Å². The third kappa shape index (κ3) is 12.3. The monoisotopic (exact) mass is 1530 g/mol. The van der Waals surface area contributed by atoms with Crippen LogP contribution in [0, 0.1) is 0 Å². The van der Waals surface area contributed by atoms with E-state index in [4.69, 9.17) is 35.9 Å². The van der Waals surface area contributed by atoms with Gasteiger partial charge in [0.05, 0.1) is 22.0 Å². The molecule has 4 aliphatic carbocycles. The first kappa shape index (κ1) is 76.0. The van der Waals surface area contributed by atoms with Crippen LogP contribution in [-0.2, 0) is 31.0 Å². The number of benzene rings is 14. The van der Waals surface area contributed by atoms with Crippen molar-refractivity contribution in [2.75, 3.05) is 0 Å². The second-order valence-electron chi connectivity index (χ2n) is 32.3. The third-order valence-corrected chi connectivity index (χ3v) is 24.9. The predicted octanol–water partition coefficient (Wildman–Crippen LogP) is 24.8. The molecular formula is C105H87BClFN6O2. The second-order valence-corrected chi connectivity index (χ2v) is 32.6. The van der Waals surface area contributed by atoms with Crippen molar-refractivity contribution < 1.29 is 14.0 Å². The molecule has 0 unspecified atom stereocenters. The predicted molar refractivity (Wildman–Crippen MR) is 473 cm³/mol. The van der Waals surface area contributed by atoms with Crippen molar-refractivity contribution in [2.45, 2.75) is 95.7 Å². The molecule has 8 nitrogen and oxygen atoms in total. The number of fused-ring (bicyclic) bond motifs is 18. The van der Waals surface area contributed by atoms with Gasteiger partial charge in [-0.3, -0.25) is 4.70 Å². The Bertz CT molecular complexity index is 6280. The fourth-order valence-electron chi connectivity index (χ4n) is 18.6. The molecule has 11 heteroatoms. The highest BCUT2D eigenvalue weighted by molar-refractivity contribution is 6.64. The van der Waals surface area contributed by atoms with Gasteiger partial charge in [-0.15, -0.1) is 0 Å². The lowest BCUT2D eigenvalue weighted by molar-refractivity contribution is 0.00578. The van der Waals surface area contributed by atoms with Crippen molar-refractivity contribution in [3.63, 3.8) is 0 Å². The molecule has 2 spiro atoms. The largest absolute Gasteiger partial charge is 0.495 e. The van der Waals surface area contributed by atoms with Crippen molar-refractivity contribution in [3.05, 3.63) is 424 Å². The van der Waals surface area contributed by atoms with Crippen LogP contribution in [0.25, 0.3) is 101 Å². The molecule has 0 N–H and O–H groups in total. The number of aromatic nitrogens is 6. The van der Waals surface area contributed by atoms with Gasteiger partial charge in [0.25, 0.3) is 0 Å². The molecule has 16 aromatic rings. The quantitative estimate of drug-likeness (QED) is 0.139. The fraction of sp³-hybridized carbons (Fsp3) is 0.143. The highest BCUT2D eigenvalue weighted by atomic mass is 35.5. The van der Waals surface area contributed by atoms with Gasteiger partial charge in [0.1, 0.15) is 0 Å². The van der Waals surface area contributed by atoms with E-state index in [9.17, 15) is 0 Å². The van der Waals surface area contributed by atoms with Crippen LogP contribution in [0.5, 0.6) is 0 Å². The van der Waals surface area contributed by atoms with E-state index in [1.54, 1.807) is 0 Å². The average molecular weight is 1530 g/mol. The molecule has 2 aromatic heterocycles. The molecule has 116 heavy (non-hydrogen) atoms. The van der Waals surface area contributed by atoms with Gasteiger partial charge in [0.15, 0.2) is 29.1 Å². The van der Waals surface area contributed by atoms with E-state index in [1.807, 2.05) is 84.9 Å². The van der Waals surface area contributed by atoms with E-state index in [0.717, 1.165) is 44.4 Å². The molecule has 3 heterocycles. The average Bonchev–Trinajstić information content (AvgIpc) is 1.48. The van der Waals surface area contributed by atoms with Crippen LogP contribution in [0.3, 0.4) is 0 Å². The summed E-state index contributed by atoms with van der Waals surface area (Å²) in [6, 6.07) is 125. The molecule has 14 aromatic carbocycles. The topological polar surface area (TPSA) is 95.8 Å². The number of nitrogens with zero attached hydrogens (tertiary/aromatic N) is 6. The lowest BCUT2D eigenvalue weighted by Gasteiger charge is -2.46. The smallest absolute Gasteiger partial charge is 0.399 e. The van der Waals surface area contributed by atoms with Crippen LogP contribution in [0.1, 0.15) is 130 Å². The Morgan fingerprint density at radius 1 is 0.233 bits per heavy atom. The van der Waals surface area contributed by atoms with Gasteiger partial charge in [-0.25, -0.2) is 19.9 Å². The van der Waals surface area contributed by atoms with Crippen LogP contribution < -0.4 is 5.46 Å². The van der Waals surface area contributed by atoms with E-state index in [-0.39, 0.29) is 28.2 Å². The zero-order valence-corrected chi connectivity index (χ0v) is 66.1. The maximum absolute atomic E-state index is 6.62. The Labute approximate surface area is 684 Å². The van der Waals surface area contributed by atoms with Gasteiger partial charge < -0.3 is 9.31 Å². The first-order valence-corrected chi connectivity index (χ1v) is 39.7. The van der Waals surface area contributed by atoms with E-state index in [1.165, 1.54) is 100 Å². The molecule has 566 valence electrons. The highest BCUT2D eigenvalue weighted by Crippen LogP contribution is 2.65. The molecule has 0 radical (unpaired) electrons. The van der Waals surface area contributed by atoms with Crippen LogP contribution in [0.4, 0.5) is 4.70 Å². The van der Waals surface area contributed by atoms with Crippen molar-refractivity contribution in [3.8, 4) is 101 Å². The zero-order valence-electron chi connectivity index (χ0n) is 65.3. The van der Waals surface area contributed by atoms with Crippen LogP contribution >= 0.6 is 11.6 Å². The zero-order chi connectivity index (χ0) is 77.7. The summed E-state index contributed by atoms with van der Waals surface area (Å²) in [4.78, 5) is 28.7. The van der Waals surface area contributed by atoms with Crippen LogP contribution in [0.15, 0.2) is 352 Å². The molecule has 0 saturated carbocycles. The number of halogens is 2. The minimum atomic E-state index is -0.490. The van der Waals surface area contributed by atoms with Gasteiger partial charge in [-0.2, -0.15) is 9.97 Å². The number of hydrogen-bond acceptors (Lipinski definition) is 8. The Hall–Kier alpha value is -12.7. The van der Waals surface area contributed by atoms with Crippen molar-refractivity contribution >= 4 is 24.2 Å². The molecular weight excluding hydrogens is 1440 g/mol. The van der Waals surface area contributed by atoms with Gasteiger partial charge in [-0.1, -0.05) is 387 Å². The standard InChI is InChI=1S/C49H35N3.C34H33BO2.C21H14ClN3.CH4.FH/c1-48(2)39-23-11-13-25-41(39)49(42-26-14-12-24-40(42)48)38-22-10-9-20-36(38)44-37(21-15-27-43(44)49)47-51-45(34-18-7-4-8-19-34)50-46(52-47)35-30-28-33(29-31-35)32-16-5-3-6-17-32;1-31(2)24-16-9-11-18-26(24)34(27-19-12-10-17-25(27)31)23-15-8-7-14-22(23)30-28(34)20-13-21-29(30)35-36-32(3,4)33(5,6)37-35;22-21-24-19(17-9-5-2-6-10-17)23-20(25-21)18-13-11-16(12-14-18)15-7-3-1-4-8-15;;/h3-31H,1-2H3;7-21H,1-6H3;1-14H;1H4;1H. The number of hydrogen-bond donors (Lipinski definition) is 0. The SMILES string of the molecule is C.CC1(C)c2ccccc2C2(c3ccccc3-c3c(-c4nc(-c5ccccc5)nc(-c5ccc(-c6ccccc6)cc5)n4)cccc32)c2ccccc21.CC1(C)c2ccccc2C2(c3ccccc3-c3c(B4OC(C)(C)C(C)(C)O4)cccc32)c2ccccc21.Clc1nc(-c2ccccc2)nc(-c2ccc(-c3ccccc3)cc2)n1.F. The maximum Gasteiger partial charge on any atom is 0.495 e. The highest BCUT2D eigenvalue weighted by Gasteiger charge is 2.58. The van der Waals surface area contributed by atoms with Gasteiger partial charge >= 0.3 is 7.12 Å². The molecule has 21 rings (SSSR count). The molecule has 1 saturated heterocycles. The summed E-state index contributed by atoms with van der Waals surface area (Å²) in [5, 5.41) is 0.191. The van der Waals surface area contributed by atoms with Gasteiger partial charge in [0, 0.05) is 38.6 Å². The maximum atomic E-state index is 6.62. The third-order valence-electron chi connectivity index (χ3n) is 24.7. The van der Waals surface area contributed by atoms with Crippen LogP contribution in [0.2, 0.25) is 5.28 Å². The lowest BCUT2D eigenvalue weighted by Crippen LogP contribution is -2.41. The summed E-state index contributed by atoms with van der Waals surface area (Å²) in [7, 11) is -0.423. The van der Waals surface area contributed by atoms with Crippen molar-refractivity contribution in [1.29, 1.82) is 0 Å². The first-order chi connectivity index (χ1) is 55.4. The molecule has 1 fully saturated rings. The normalized spacial score (nSPS) is 15.3. The Morgan fingerprint density at radius 2 is 0.483 bits per heavy atom. The summed E-state index contributed by atoms with van der Waals surface area (Å²) in [6.07, 6.45) is 0. The Kier molecular flexibility index (Phi) is 19.4. The molecule has 0 atom stereocenters. The molecule has 5 aliphatic rings. The minimum absolute atomic E-state index is 0. The van der Waals surface area contributed by atoms with Gasteiger partial charge in [-0.05, 0) is 156 Å². The van der Waals surface area contributed by atoms with Gasteiger partial charge in [0.2, 0.25) is 5.28 Å². The summed E-state index contributed by atoms with van der Waals surface area (Å²) < 4.78 is 13.2. The van der Waals surface area contributed by atoms with E-state index in [2.05, 4.69) is 337 Å². The van der Waals surface area contributed by atoms with E-state index < -0.39 is 29.2 Å².